The first-order valence-electron chi connectivity index (χ1n) is 24.1. The third-order valence-electron chi connectivity index (χ3n) is 14.8. The van der Waals surface area contributed by atoms with Crippen LogP contribution in [0.2, 0.25) is 0 Å². The van der Waals surface area contributed by atoms with Crippen molar-refractivity contribution >= 4 is 43.4 Å². The van der Waals surface area contributed by atoms with E-state index in [1.807, 2.05) is 0 Å². The summed E-state index contributed by atoms with van der Waals surface area (Å²) in [5, 5.41) is 7.25. The second-order valence-electron chi connectivity index (χ2n) is 18.7. The van der Waals surface area contributed by atoms with Gasteiger partial charge in [0.15, 0.2) is 17.5 Å². The second kappa shape index (κ2) is 15.1. The Morgan fingerprint density at radius 1 is 0.314 bits per heavy atom. The molecule has 0 bridgehead atoms. The molecule has 4 heteroatoms. The first-order chi connectivity index (χ1) is 34.7. The van der Waals surface area contributed by atoms with E-state index < -0.39 is 0 Å². The predicted octanol–water partition coefficient (Wildman–Crippen LogP) is 16.8. The molecule has 70 heavy (non-hydrogen) atoms. The molecule has 3 heterocycles. The van der Waals surface area contributed by atoms with Crippen LogP contribution >= 0.6 is 0 Å². The lowest BCUT2D eigenvalue weighted by Crippen LogP contribution is -2.01. The molecule has 324 valence electrons. The van der Waals surface area contributed by atoms with Gasteiger partial charge in [0, 0.05) is 38.6 Å². The van der Waals surface area contributed by atoms with Gasteiger partial charge in [-0.05, 0) is 108 Å². The Morgan fingerprint density at radius 2 is 0.886 bits per heavy atom. The van der Waals surface area contributed by atoms with Gasteiger partial charge in [0.05, 0.1) is 16.7 Å². The maximum Gasteiger partial charge on any atom is 0.164 e. The number of nitrogens with zero attached hydrogens (tertiary/aromatic N) is 4. The van der Waals surface area contributed by atoms with Crippen molar-refractivity contribution < 1.29 is 0 Å². The van der Waals surface area contributed by atoms with E-state index in [-0.39, 0.29) is 0 Å². The normalized spacial score (nSPS) is 12.2. The molecule has 2 aliphatic rings. The van der Waals surface area contributed by atoms with Crippen LogP contribution in [0.25, 0.3) is 139 Å². The number of para-hydroxylation sites is 2. The minimum Gasteiger partial charge on any atom is -0.308 e. The number of rotatable bonds is 6. The molecule has 0 saturated carbocycles. The van der Waals surface area contributed by atoms with Crippen molar-refractivity contribution in [2.24, 2.45) is 0 Å². The van der Waals surface area contributed by atoms with Crippen LogP contribution in [0, 0.1) is 0 Å². The fourth-order valence-electron chi connectivity index (χ4n) is 11.6. The van der Waals surface area contributed by atoms with Crippen molar-refractivity contribution in [3.05, 3.63) is 242 Å². The quantitative estimate of drug-likeness (QED) is 0.167. The molecule has 1 aliphatic carbocycles. The minimum atomic E-state index is 0.630. The van der Waals surface area contributed by atoms with Crippen LogP contribution in [0.5, 0.6) is 0 Å². The number of benzene rings is 11. The van der Waals surface area contributed by atoms with Gasteiger partial charge in [-0.3, -0.25) is 0 Å². The SMILES string of the molecule is c1ccc(-c2nc(-c3ccc(-c4ccc5ccccc5c4)cc3)nc(-c3cccc4ccccc34)n2)c(-c2ccc(-c3cc4c5ccccc5n5c4c4c3Cc3cccc(c3-4)-c3ccccc3-5)cc2)c1. The van der Waals surface area contributed by atoms with Gasteiger partial charge in [-0.2, -0.15) is 0 Å². The van der Waals surface area contributed by atoms with E-state index in [1.165, 1.54) is 88.3 Å². The summed E-state index contributed by atoms with van der Waals surface area (Å²) in [7, 11) is 0. The Labute approximate surface area is 404 Å². The second-order valence-corrected chi connectivity index (χ2v) is 18.7. The molecule has 11 aromatic carbocycles. The van der Waals surface area contributed by atoms with Gasteiger partial charge in [-0.15, -0.1) is 0 Å². The van der Waals surface area contributed by atoms with Crippen LogP contribution in [-0.4, -0.2) is 19.5 Å². The number of hydrogen-bond acceptors (Lipinski definition) is 3. The van der Waals surface area contributed by atoms with Gasteiger partial charge in [0.1, 0.15) is 0 Å². The van der Waals surface area contributed by atoms with Gasteiger partial charge in [-0.25, -0.2) is 15.0 Å². The smallest absolute Gasteiger partial charge is 0.164 e. The zero-order valence-electron chi connectivity index (χ0n) is 37.9. The highest BCUT2D eigenvalue weighted by molar-refractivity contribution is 6.20. The fraction of sp³-hybridized carbons (Fsp3) is 0.0152. The highest BCUT2D eigenvalue weighted by Gasteiger charge is 2.33. The Hall–Kier alpha value is -9.25. The number of fused-ring (bicyclic) bond motifs is 8. The Bertz CT molecular complexity index is 4310. The molecule has 0 N–H and O–H groups in total. The van der Waals surface area contributed by atoms with Gasteiger partial charge >= 0.3 is 0 Å². The Balaban J connectivity index is 0.863. The molecule has 0 atom stereocenters. The maximum absolute atomic E-state index is 5.31. The topological polar surface area (TPSA) is 43.6 Å². The Morgan fingerprint density at radius 3 is 1.73 bits per heavy atom. The number of aromatic nitrogens is 4. The molecular formula is C66H40N4. The molecule has 15 rings (SSSR count). The van der Waals surface area contributed by atoms with Crippen LogP contribution in [0.4, 0.5) is 0 Å². The molecule has 0 fully saturated rings. The van der Waals surface area contributed by atoms with E-state index in [9.17, 15) is 0 Å². The van der Waals surface area contributed by atoms with Gasteiger partial charge < -0.3 is 4.57 Å². The highest BCUT2D eigenvalue weighted by Crippen LogP contribution is 2.55. The minimum absolute atomic E-state index is 0.630. The molecule has 0 unspecified atom stereocenters. The predicted molar refractivity (Wildman–Crippen MR) is 289 cm³/mol. The van der Waals surface area contributed by atoms with Gasteiger partial charge in [-0.1, -0.05) is 206 Å². The summed E-state index contributed by atoms with van der Waals surface area (Å²) in [5.74, 6) is 1.90. The summed E-state index contributed by atoms with van der Waals surface area (Å²) in [5.41, 5.74) is 21.7. The molecule has 1 aliphatic heterocycles. The average Bonchev–Trinajstić information content (AvgIpc) is 3.95. The van der Waals surface area contributed by atoms with E-state index in [4.69, 9.17) is 15.0 Å². The average molecular weight is 889 g/mol. The molecular weight excluding hydrogens is 849 g/mol. The third kappa shape index (κ3) is 5.87. The lowest BCUT2D eigenvalue weighted by atomic mass is 9.90. The third-order valence-corrected chi connectivity index (χ3v) is 14.8. The first kappa shape index (κ1) is 38.8. The molecule has 0 radical (unpaired) electrons. The summed E-state index contributed by atoms with van der Waals surface area (Å²) < 4.78 is 2.53. The molecule has 0 amide bonds. The summed E-state index contributed by atoms with van der Waals surface area (Å²) in [4.78, 5) is 15.8. The van der Waals surface area contributed by atoms with E-state index in [1.54, 1.807) is 0 Å². The lowest BCUT2D eigenvalue weighted by Gasteiger charge is -2.15. The van der Waals surface area contributed by atoms with Crippen LogP contribution in [-0.2, 0) is 6.42 Å². The van der Waals surface area contributed by atoms with Crippen molar-refractivity contribution in [2.75, 3.05) is 0 Å². The zero-order chi connectivity index (χ0) is 45.9. The standard InChI is InChI=1S/C66H40N4/c1-2-15-46-37-47(36-29-40(46)13-1)41-27-34-45(35-28-41)64-67-65(69-66(68-64)55-24-11-16-42-14-3-4-18-49(42)55)54-22-6-5-19-50(54)43-30-32-44(33-31-43)56-39-58-52-21-8-10-26-60(52)70-59-25-9-7-20-51(59)53-23-12-17-48-38-57(56)62(61(48)53)63(58)70/h1-37,39H,38H2. The molecule has 0 spiro atoms. The molecule has 13 aromatic rings. The fourth-order valence-corrected chi connectivity index (χ4v) is 11.6. The van der Waals surface area contributed by atoms with Crippen LogP contribution in [0.3, 0.4) is 0 Å². The van der Waals surface area contributed by atoms with E-state index >= 15 is 0 Å². The van der Waals surface area contributed by atoms with Gasteiger partial charge in [0.25, 0.3) is 0 Å². The molecule has 0 saturated heterocycles. The molecule has 2 aromatic heterocycles. The van der Waals surface area contributed by atoms with Gasteiger partial charge in [0.2, 0.25) is 0 Å². The highest BCUT2D eigenvalue weighted by atomic mass is 15.0. The van der Waals surface area contributed by atoms with Crippen molar-refractivity contribution in [2.45, 2.75) is 6.42 Å². The largest absolute Gasteiger partial charge is 0.308 e. The number of hydrogen-bond donors (Lipinski definition) is 0. The summed E-state index contributed by atoms with van der Waals surface area (Å²) in [6.45, 7) is 0. The summed E-state index contributed by atoms with van der Waals surface area (Å²) in [6, 6.07) is 83.4. The van der Waals surface area contributed by atoms with Crippen LogP contribution in [0.15, 0.2) is 231 Å². The van der Waals surface area contributed by atoms with Crippen LogP contribution < -0.4 is 0 Å². The Kier molecular flexibility index (Phi) is 8.39. The van der Waals surface area contributed by atoms with E-state index in [2.05, 4.69) is 235 Å². The maximum atomic E-state index is 5.31. The van der Waals surface area contributed by atoms with Crippen molar-refractivity contribution in [3.8, 4) is 95.5 Å². The van der Waals surface area contributed by atoms with Crippen LogP contribution in [0.1, 0.15) is 11.1 Å². The zero-order valence-corrected chi connectivity index (χ0v) is 37.9. The van der Waals surface area contributed by atoms with E-state index in [0.717, 1.165) is 50.6 Å². The summed E-state index contributed by atoms with van der Waals surface area (Å²) >= 11 is 0. The van der Waals surface area contributed by atoms with Crippen molar-refractivity contribution in [1.82, 2.24) is 19.5 Å². The molecule has 4 nitrogen and oxygen atoms in total. The summed E-state index contributed by atoms with van der Waals surface area (Å²) in [6.07, 6.45) is 0.894. The van der Waals surface area contributed by atoms with Crippen molar-refractivity contribution in [3.63, 3.8) is 0 Å². The lowest BCUT2D eigenvalue weighted by molar-refractivity contribution is 1.08. The van der Waals surface area contributed by atoms with Crippen molar-refractivity contribution in [1.29, 1.82) is 0 Å². The monoisotopic (exact) mass is 888 g/mol. The van der Waals surface area contributed by atoms with E-state index in [0.29, 0.717) is 17.5 Å². The first-order valence-corrected chi connectivity index (χ1v) is 24.1.